The highest BCUT2D eigenvalue weighted by Gasteiger charge is 2.27. The second-order valence-corrected chi connectivity index (χ2v) is 10.3. The van der Waals surface area contributed by atoms with Crippen LogP contribution in [0.25, 0.3) is 0 Å². The summed E-state index contributed by atoms with van der Waals surface area (Å²) in [5, 5.41) is 27.2. The Balaban J connectivity index is 4.41. The van der Waals surface area contributed by atoms with Crippen LogP contribution < -0.4 is 0 Å². The van der Waals surface area contributed by atoms with Crippen LogP contribution in [0.3, 0.4) is 0 Å². The lowest BCUT2D eigenvalue weighted by Crippen LogP contribution is -2.51. The summed E-state index contributed by atoms with van der Waals surface area (Å²) >= 11 is 0. The molecule has 0 unspecified atom stereocenters. The maximum absolute atomic E-state index is 11.0. The zero-order valence-corrected chi connectivity index (χ0v) is 22.9. The van der Waals surface area contributed by atoms with Crippen LogP contribution in [0.4, 0.5) is 0 Å². The first-order valence-electron chi connectivity index (χ1n) is 14.5. The highest BCUT2D eigenvalue weighted by atomic mass is 16.4. The maximum Gasteiger partial charge on any atom is 0.303 e. The molecule has 0 radical (unpaired) electrons. The van der Waals surface area contributed by atoms with Gasteiger partial charge in [-0.3, -0.25) is 14.4 Å². The third-order valence-electron chi connectivity index (χ3n) is 6.96. The van der Waals surface area contributed by atoms with Gasteiger partial charge in [0.05, 0.1) is 45.4 Å². The van der Waals surface area contributed by atoms with Crippen LogP contribution in [0.1, 0.15) is 129 Å². The van der Waals surface area contributed by atoms with Crippen LogP contribution in [0.5, 0.6) is 0 Å². The Hall–Kier alpha value is -1.89. The molecule has 0 heterocycles. The number of rotatable bonds is 27. The highest BCUT2D eigenvalue weighted by Crippen LogP contribution is 2.18. The van der Waals surface area contributed by atoms with Crippen molar-refractivity contribution in [1.82, 2.24) is 0 Å². The quantitative estimate of drug-likeness (QED) is 0.0618. The van der Waals surface area contributed by atoms with E-state index in [0.29, 0.717) is 43.4 Å². The van der Waals surface area contributed by atoms with Crippen molar-refractivity contribution in [2.45, 2.75) is 129 Å². The Morgan fingerprint density at radius 2 is 0.833 bits per heavy atom. The fourth-order valence-corrected chi connectivity index (χ4v) is 4.90. The number of unbranched alkanes of at least 4 members (excludes halogenated alkanes) is 11. The molecule has 36 heavy (non-hydrogen) atoms. The smallest absolute Gasteiger partial charge is 0.303 e. The van der Waals surface area contributed by atoms with E-state index >= 15 is 0 Å². The summed E-state index contributed by atoms with van der Waals surface area (Å²) in [7, 11) is 0. The molecule has 0 aliphatic carbocycles. The van der Waals surface area contributed by atoms with Gasteiger partial charge < -0.3 is 19.8 Å². The number of carboxylic acid groups (broad SMARTS) is 3. The lowest BCUT2D eigenvalue weighted by atomic mass is 10.1. The predicted molar refractivity (Wildman–Crippen MR) is 145 cm³/mol. The minimum Gasteiger partial charge on any atom is -0.481 e. The molecule has 3 N–H and O–H groups in total. The number of nitrogens with zero attached hydrogens (tertiary/aromatic N) is 1. The molecule has 7 nitrogen and oxygen atoms in total. The first-order valence-corrected chi connectivity index (χ1v) is 14.5. The molecule has 0 aromatic heterocycles. The average molecular weight is 513 g/mol. The summed E-state index contributed by atoms with van der Waals surface area (Å²) in [6, 6.07) is 0. The van der Waals surface area contributed by atoms with Gasteiger partial charge in [0.15, 0.2) is 0 Å². The average Bonchev–Trinajstić information content (AvgIpc) is 2.80. The first-order chi connectivity index (χ1) is 17.3. The normalized spacial score (nSPS) is 11.8. The van der Waals surface area contributed by atoms with Gasteiger partial charge in [0.1, 0.15) is 0 Å². The molecular weight excluding hydrogens is 458 g/mol. The van der Waals surface area contributed by atoms with Crippen molar-refractivity contribution in [3.8, 4) is 0 Å². The lowest BCUT2D eigenvalue weighted by molar-refractivity contribution is -0.928. The van der Waals surface area contributed by atoms with Crippen LogP contribution in [0.15, 0.2) is 12.2 Å². The van der Waals surface area contributed by atoms with E-state index in [1.165, 1.54) is 64.2 Å². The van der Waals surface area contributed by atoms with E-state index < -0.39 is 17.9 Å². The van der Waals surface area contributed by atoms with Crippen molar-refractivity contribution in [2.24, 2.45) is 0 Å². The number of allylic oxidation sites excluding steroid dienone is 2. The molecule has 0 amide bonds. The summed E-state index contributed by atoms with van der Waals surface area (Å²) in [6.07, 6.45) is 22.6. The molecule has 0 aliphatic rings. The zero-order chi connectivity index (χ0) is 26.9. The van der Waals surface area contributed by atoms with Gasteiger partial charge in [-0.05, 0) is 19.3 Å². The molecular formula is C29H54NO6+. The van der Waals surface area contributed by atoms with Gasteiger partial charge in [-0.25, -0.2) is 0 Å². The SMILES string of the molecule is CCCCCCCCCCCC/C=C/CCC[N+](CCCC(=O)O)(CCCC(=O)O)CCCC(=O)O. The molecule has 0 fully saturated rings. The molecule has 0 saturated heterocycles. The Bertz CT molecular complexity index is 554. The predicted octanol–water partition coefficient (Wildman–Crippen LogP) is 7.05. The summed E-state index contributed by atoms with van der Waals surface area (Å²) in [4.78, 5) is 33.1. The molecule has 0 aromatic carbocycles. The summed E-state index contributed by atoms with van der Waals surface area (Å²) < 4.78 is 0.611. The second-order valence-electron chi connectivity index (χ2n) is 10.3. The number of carbonyl (C=O) groups is 3. The van der Waals surface area contributed by atoms with E-state index in [9.17, 15) is 14.4 Å². The van der Waals surface area contributed by atoms with E-state index in [2.05, 4.69) is 19.1 Å². The topological polar surface area (TPSA) is 112 Å². The van der Waals surface area contributed by atoms with Crippen molar-refractivity contribution in [2.75, 3.05) is 26.2 Å². The molecule has 210 valence electrons. The number of hydrogen-bond acceptors (Lipinski definition) is 3. The largest absolute Gasteiger partial charge is 0.481 e. The lowest BCUT2D eigenvalue weighted by Gasteiger charge is -2.39. The van der Waals surface area contributed by atoms with Crippen molar-refractivity contribution in [3.63, 3.8) is 0 Å². The summed E-state index contributed by atoms with van der Waals surface area (Å²) in [6.45, 7) is 5.01. The van der Waals surface area contributed by atoms with Crippen molar-refractivity contribution in [1.29, 1.82) is 0 Å². The van der Waals surface area contributed by atoms with E-state index in [1.807, 2.05) is 0 Å². The van der Waals surface area contributed by atoms with Crippen LogP contribution >= 0.6 is 0 Å². The summed E-state index contributed by atoms with van der Waals surface area (Å²) in [5.74, 6) is -2.50. The van der Waals surface area contributed by atoms with Crippen LogP contribution in [0, 0.1) is 0 Å². The molecule has 0 atom stereocenters. The molecule has 7 heteroatoms. The first kappa shape index (κ1) is 34.1. The van der Waals surface area contributed by atoms with Gasteiger partial charge in [0, 0.05) is 25.7 Å². The number of aliphatic carboxylic acids is 3. The van der Waals surface area contributed by atoms with Crippen molar-refractivity contribution < 1.29 is 34.2 Å². The molecule has 0 rings (SSSR count). The Labute approximate surface area is 219 Å². The fraction of sp³-hybridized carbons (Fsp3) is 0.828. The van der Waals surface area contributed by atoms with Crippen LogP contribution in [0.2, 0.25) is 0 Å². The van der Waals surface area contributed by atoms with E-state index in [4.69, 9.17) is 15.3 Å². The van der Waals surface area contributed by atoms with Gasteiger partial charge in [0.2, 0.25) is 0 Å². The van der Waals surface area contributed by atoms with E-state index in [0.717, 1.165) is 25.8 Å². The van der Waals surface area contributed by atoms with Gasteiger partial charge in [-0.15, -0.1) is 0 Å². The molecule has 0 saturated carbocycles. The van der Waals surface area contributed by atoms with Crippen LogP contribution in [-0.2, 0) is 14.4 Å². The van der Waals surface area contributed by atoms with Crippen LogP contribution in [-0.4, -0.2) is 63.9 Å². The van der Waals surface area contributed by atoms with Gasteiger partial charge in [-0.1, -0.05) is 76.9 Å². The molecule has 0 aliphatic heterocycles. The zero-order valence-electron chi connectivity index (χ0n) is 22.9. The van der Waals surface area contributed by atoms with Gasteiger partial charge in [-0.2, -0.15) is 0 Å². The maximum atomic E-state index is 11.0. The minimum absolute atomic E-state index is 0.0800. The van der Waals surface area contributed by atoms with E-state index in [-0.39, 0.29) is 19.3 Å². The second kappa shape index (κ2) is 23.5. The molecule has 0 spiro atoms. The third-order valence-corrected chi connectivity index (χ3v) is 6.96. The molecule has 0 bridgehead atoms. The Kier molecular flexibility index (Phi) is 22.3. The number of quaternary nitrogens is 1. The minimum atomic E-state index is -0.834. The van der Waals surface area contributed by atoms with E-state index in [1.54, 1.807) is 0 Å². The van der Waals surface area contributed by atoms with Gasteiger partial charge in [0.25, 0.3) is 0 Å². The number of hydrogen-bond donors (Lipinski definition) is 3. The number of carboxylic acids is 3. The standard InChI is InChI=1S/C29H53NO6/c1-2-3-4-5-6-7-8-9-10-11-12-13-14-15-16-23-30(24-17-20-27(31)32,25-18-21-28(33)34)26-19-22-29(35)36/h13-14H,2-12,15-26H2,1H3,(H2-,31,32,33,34,35,36)/p+1/b14-13+. The Morgan fingerprint density at radius 1 is 0.500 bits per heavy atom. The third kappa shape index (κ3) is 22.6. The summed E-state index contributed by atoms with van der Waals surface area (Å²) in [5.41, 5.74) is 0. The molecule has 0 aromatic rings. The fourth-order valence-electron chi connectivity index (χ4n) is 4.90. The highest BCUT2D eigenvalue weighted by molar-refractivity contribution is 5.67. The monoisotopic (exact) mass is 512 g/mol. The Morgan fingerprint density at radius 3 is 1.22 bits per heavy atom. The van der Waals surface area contributed by atoms with Crippen molar-refractivity contribution in [3.05, 3.63) is 12.2 Å². The van der Waals surface area contributed by atoms with Crippen molar-refractivity contribution >= 4 is 17.9 Å². The van der Waals surface area contributed by atoms with Gasteiger partial charge >= 0.3 is 17.9 Å².